The van der Waals surface area contributed by atoms with Gasteiger partial charge in [-0.25, -0.2) is 9.78 Å². The molecule has 0 aromatic carbocycles. The first-order chi connectivity index (χ1) is 8.08. The van der Waals surface area contributed by atoms with Gasteiger partial charge in [-0.3, -0.25) is 0 Å². The third-order valence-electron chi connectivity index (χ3n) is 2.34. The maximum Gasteiger partial charge on any atom is 0.339 e. The van der Waals surface area contributed by atoms with Gasteiger partial charge in [0.1, 0.15) is 11.4 Å². The van der Waals surface area contributed by atoms with Crippen LogP contribution in [0.4, 0.5) is 11.5 Å². The molecule has 0 aliphatic heterocycles. The van der Waals surface area contributed by atoms with Crippen LogP contribution in [0.15, 0.2) is 12.3 Å². The predicted octanol–water partition coefficient (Wildman–Crippen LogP) is 1.92. The number of nitrogen functional groups attached to an aromatic ring is 1. The van der Waals surface area contributed by atoms with Crippen molar-refractivity contribution in [3.8, 4) is 0 Å². The molecule has 94 valence electrons. The maximum atomic E-state index is 11.1. The Morgan fingerprint density at radius 1 is 1.71 bits per heavy atom. The average Bonchev–Trinajstić information content (AvgIpc) is 2.30. The zero-order chi connectivity index (χ0) is 12.8. The van der Waals surface area contributed by atoms with Gasteiger partial charge in [0.15, 0.2) is 0 Å². The summed E-state index contributed by atoms with van der Waals surface area (Å²) in [5, 5.41) is 12.2. The van der Waals surface area contributed by atoms with Crippen molar-refractivity contribution in [1.29, 1.82) is 0 Å². The number of hydrogen-bond acceptors (Lipinski definition) is 5. The van der Waals surface area contributed by atoms with Crippen LogP contribution in [0.25, 0.3) is 0 Å². The Kier molecular flexibility index (Phi) is 5.09. The van der Waals surface area contributed by atoms with Crippen LogP contribution in [0.5, 0.6) is 0 Å². The minimum Gasteiger partial charge on any atom is -0.478 e. The highest BCUT2D eigenvalue weighted by molar-refractivity contribution is 7.98. The number of aromatic carboxylic acids is 1. The first kappa shape index (κ1) is 13.6. The van der Waals surface area contributed by atoms with Crippen LogP contribution >= 0.6 is 11.8 Å². The lowest BCUT2D eigenvalue weighted by Gasteiger charge is -2.17. The molecule has 0 fully saturated rings. The van der Waals surface area contributed by atoms with Gasteiger partial charge < -0.3 is 16.2 Å². The number of carbonyl (C=O) groups is 1. The molecule has 0 saturated carbocycles. The summed E-state index contributed by atoms with van der Waals surface area (Å²) in [6.07, 6.45) is 4.38. The van der Waals surface area contributed by atoms with Crippen molar-refractivity contribution in [2.75, 3.05) is 23.1 Å². The van der Waals surface area contributed by atoms with Crippen LogP contribution in [0.2, 0.25) is 0 Å². The zero-order valence-electron chi connectivity index (χ0n) is 9.93. The molecule has 0 spiro atoms. The molecular formula is C11H17N3O2S. The molecule has 0 radical (unpaired) electrons. The summed E-state index contributed by atoms with van der Waals surface area (Å²) in [6, 6.07) is 1.63. The molecule has 0 bridgehead atoms. The first-order valence-electron chi connectivity index (χ1n) is 5.32. The molecule has 1 heterocycles. The number of pyridine rings is 1. The largest absolute Gasteiger partial charge is 0.478 e. The molecule has 4 N–H and O–H groups in total. The zero-order valence-corrected chi connectivity index (χ0v) is 10.8. The number of carboxylic acids is 1. The number of aromatic nitrogens is 1. The molecule has 0 aliphatic carbocycles. The molecule has 1 unspecified atom stereocenters. The molecule has 17 heavy (non-hydrogen) atoms. The lowest BCUT2D eigenvalue weighted by molar-refractivity contribution is 0.0697. The van der Waals surface area contributed by atoms with Gasteiger partial charge in [0.2, 0.25) is 0 Å². The summed E-state index contributed by atoms with van der Waals surface area (Å²) in [6.45, 7) is 2.05. The van der Waals surface area contributed by atoms with E-state index < -0.39 is 5.97 Å². The fourth-order valence-electron chi connectivity index (χ4n) is 1.42. The fourth-order valence-corrected chi connectivity index (χ4v) is 2.14. The van der Waals surface area contributed by atoms with Crippen LogP contribution in [0, 0.1) is 0 Å². The molecule has 1 aromatic heterocycles. The minimum absolute atomic E-state index is 0.115. The van der Waals surface area contributed by atoms with Crippen LogP contribution in [0.3, 0.4) is 0 Å². The summed E-state index contributed by atoms with van der Waals surface area (Å²) in [5.74, 6) is 0.264. The van der Waals surface area contributed by atoms with E-state index in [2.05, 4.69) is 10.3 Å². The second kappa shape index (κ2) is 6.34. The van der Waals surface area contributed by atoms with Gasteiger partial charge in [-0.1, -0.05) is 6.92 Å². The quantitative estimate of drug-likeness (QED) is 0.719. The van der Waals surface area contributed by atoms with E-state index in [1.807, 2.05) is 13.2 Å². The predicted molar refractivity (Wildman–Crippen MR) is 71.7 cm³/mol. The number of nitrogens with one attached hydrogen (secondary N) is 1. The van der Waals surface area contributed by atoms with E-state index in [1.165, 1.54) is 12.3 Å². The number of anilines is 2. The second-order valence-electron chi connectivity index (χ2n) is 3.67. The van der Waals surface area contributed by atoms with Crippen molar-refractivity contribution < 1.29 is 9.90 Å². The van der Waals surface area contributed by atoms with Crippen molar-refractivity contribution in [2.45, 2.75) is 19.4 Å². The van der Waals surface area contributed by atoms with Crippen molar-refractivity contribution >= 4 is 29.2 Å². The van der Waals surface area contributed by atoms with Gasteiger partial charge in [-0.2, -0.15) is 11.8 Å². The van der Waals surface area contributed by atoms with Gasteiger partial charge in [0.05, 0.1) is 11.9 Å². The summed E-state index contributed by atoms with van der Waals surface area (Å²) in [5.41, 5.74) is 6.00. The lowest BCUT2D eigenvalue weighted by Crippen LogP contribution is -2.23. The summed E-state index contributed by atoms with van der Waals surface area (Å²) < 4.78 is 0. The Morgan fingerprint density at radius 3 is 2.94 bits per heavy atom. The Morgan fingerprint density at radius 2 is 2.41 bits per heavy atom. The van der Waals surface area contributed by atoms with Crippen molar-refractivity contribution in [2.24, 2.45) is 0 Å². The molecule has 1 rings (SSSR count). The summed E-state index contributed by atoms with van der Waals surface area (Å²) in [7, 11) is 0. The average molecular weight is 255 g/mol. The van der Waals surface area contributed by atoms with E-state index in [-0.39, 0.29) is 11.6 Å². The standard InChI is InChI=1S/C11H17N3O2S/c1-3-8(6-17-2)14-10-9(11(15)16)4-7(12)5-13-10/h4-5,8H,3,6,12H2,1-2H3,(H,13,14)(H,15,16). The van der Waals surface area contributed by atoms with E-state index in [4.69, 9.17) is 10.8 Å². The summed E-state index contributed by atoms with van der Waals surface area (Å²) >= 11 is 1.71. The molecule has 5 nitrogen and oxygen atoms in total. The molecule has 0 amide bonds. The van der Waals surface area contributed by atoms with E-state index in [0.717, 1.165) is 12.2 Å². The normalized spacial score (nSPS) is 12.1. The molecular weight excluding hydrogens is 238 g/mol. The Balaban J connectivity index is 2.92. The highest BCUT2D eigenvalue weighted by atomic mass is 32.2. The molecule has 1 atom stereocenters. The van der Waals surface area contributed by atoms with E-state index in [9.17, 15) is 4.79 Å². The van der Waals surface area contributed by atoms with Gasteiger partial charge in [0, 0.05) is 11.8 Å². The van der Waals surface area contributed by atoms with Crippen molar-refractivity contribution in [3.05, 3.63) is 17.8 Å². The Hall–Kier alpha value is -1.43. The summed E-state index contributed by atoms with van der Waals surface area (Å²) in [4.78, 5) is 15.1. The van der Waals surface area contributed by atoms with Crippen molar-refractivity contribution in [1.82, 2.24) is 4.98 Å². The van der Waals surface area contributed by atoms with Gasteiger partial charge in [-0.15, -0.1) is 0 Å². The van der Waals surface area contributed by atoms with Crippen LogP contribution in [-0.2, 0) is 0 Å². The molecule has 0 saturated heterocycles. The second-order valence-corrected chi connectivity index (χ2v) is 4.59. The first-order valence-corrected chi connectivity index (χ1v) is 6.72. The van der Waals surface area contributed by atoms with Crippen LogP contribution in [0.1, 0.15) is 23.7 Å². The smallest absolute Gasteiger partial charge is 0.339 e. The lowest BCUT2D eigenvalue weighted by atomic mass is 10.2. The SMILES string of the molecule is CCC(CSC)Nc1ncc(N)cc1C(=O)O. The third kappa shape index (κ3) is 3.81. The van der Waals surface area contributed by atoms with Crippen LogP contribution in [-0.4, -0.2) is 34.1 Å². The topological polar surface area (TPSA) is 88.2 Å². The van der Waals surface area contributed by atoms with Crippen molar-refractivity contribution in [3.63, 3.8) is 0 Å². The Bertz CT molecular complexity index is 398. The van der Waals surface area contributed by atoms with E-state index in [1.54, 1.807) is 11.8 Å². The van der Waals surface area contributed by atoms with Gasteiger partial charge in [0.25, 0.3) is 0 Å². The van der Waals surface area contributed by atoms with E-state index >= 15 is 0 Å². The highest BCUT2D eigenvalue weighted by Gasteiger charge is 2.14. The Labute approximate surface area is 105 Å². The monoisotopic (exact) mass is 255 g/mol. The van der Waals surface area contributed by atoms with Gasteiger partial charge in [-0.05, 0) is 18.7 Å². The number of carboxylic acid groups (broad SMARTS) is 1. The minimum atomic E-state index is -1.02. The fraction of sp³-hybridized carbons (Fsp3) is 0.455. The number of hydrogen-bond donors (Lipinski definition) is 3. The number of nitrogens with two attached hydrogens (primary N) is 1. The van der Waals surface area contributed by atoms with Crippen LogP contribution < -0.4 is 11.1 Å². The number of nitrogens with zero attached hydrogens (tertiary/aromatic N) is 1. The third-order valence-corrected chi connectivity index (χ3v) is 3.08. The number of thioether (sulfide) groups is 1. The highest BCUT2D eigenvalue weighted by Crippen LogP contribution is 2.18. The number of rotatable bonds is 6. The molecule has 0 aliphatic rings. The maximum absolute atomic E-state index is 11.1. The van der Waals surface area contributed by atoms with E-state index in [0.29, 0.717) is 11.5 Å². The molecule has 6 heteroatoms. The van der Waals surface area contributed by atoms with Gasteiger partial charge >= 0.3 is 5.97 Å². The molecule has 1 aromatic rings.